The number of nitrogens with zero attached hydrogens (tertiary/aromatic N) is 5. The van der Waals surface area contributed by atoms with E-state index in [0.29, 0.717) is 28.3 Å². The largest absolute Gasteiger partial charge is 0.481 e. The predicted molar refractivity (Wildman–Crippen MR) is 145 cm³/mol. The first-order chi connectivity index (χ1) is 18.0. The Kier molecular flexibility index (Phi) is 8.55. The molecule has 0 radical (unpaired) electrons. The molecule has 1 saturated heterocycles. The van der Waals surface area contributed by atoms with Crippen molar-refractivity contribution in [3.63, 3.8) is 0 Å². The molecule has 10 nitrogen and oxygen atoms in total. The van der Waals surface area contributed by atoms with E-state index < -0.39 is 0 Å². The van der Waals surface area contributed by atoms with Gasteiger partial charge in [0.15, 0.2) is 0 Å². The van der Waals surface area contributed by atoms with Gasteiger partial charge in [-0.2, -0.15) is 0 Å². The van der Waals surface area contributed by atoms with Crippen molar-refractivity contribution >= 4 is 28.8 Å². The number of morpholine rings is 1. The molecule has 4 aromatic heterocycles. The Balaban J connectivity index is 0.000000180. The van der Waals surface area contributed by atoms with Crippen LogP contribution in [0.5, 0.6) is 11.8 Å². The molecule has 0 amide bonds. The number of ether oxygens (including phenoxy) is 3. The zero-order valence-corrected chi connectivity index (χ0v) is 21.4. The Labute approximate surface area is 220 Å². The molecule has 0 unspecified atom stereocenters. The van der Waals surface area contributed by atoms with Crippen LogP contribution in [0.3, 0.4) is 0 Å². The van der Waals surface area contributed by atoms with Crippen LogP contribution in [0.25, 0.3) is 22.3 Å². The summed E-state index contributed by atoms with van der Waals surface area (Å²) in [7, 11) is 3.16. The van der Waals surface area contributed by atoms with Crippen LogP contribution < -0.4 is 25.8 Å². The first-order valence-electron chi connectivity index (χ1n) is 11.5. The molecule has 0 atom stereocenters. The average Bonchev–Trinajstić information content (AvgIpc) is 2.94. The second kappa shape index (κ2) is 12.2. The number of methoxy groups -OCH3 is 2. The van der Waals surface area contributed by atoms with Gasteiger partial charge in [-0.3, -0.25) is 0 Å². The van der Waals surface area contributed by atoms with Gasteiger partial charge in [0.1, 0.15) is 11.0 Å². The van der Waals surface area contributed by atoms with Gasteiger partial charge in [0.25, 0.3) is 0 Å². The monoisotopic (exact) mass is 521 g/mol. The summed E-state index contributed by atoms with van der Waals surface area (Å²) < 4.78 is 15.5. The molecule has 4 N–H and O–H groups in total. The minimum atomic E-state index is 0.377. The molecule has 37 heavy (non-hydrogen) atoms. The van der Waals surface area contributed by atoms with E-state index in [1.54, 1.807) is 51.1 Å². The van der Waals surface area contributed by atoms with Gasteiger partial charge >= 0.3 is 0 Å². The first-order valence-corrected chi connectivity index (χ1v) is 11.9. The van der Waals surface area contributed by atoms with E-state index in [0.717, 1.165) is 54.4 Å². The molecule has 1 fully saturated rings. The number of nitrogen functional groups attached to an aromatic ring is 2. The van der Waals surface area contributed by atoms with Gasteiger partial charge in [0, 0.05) is 78.6 Å². The third-order valence-corrected chi connectivity index (χ3v) is 5.88. The molecule has 0 bridgehead atoms. The van der Waals surface area contributed by atoms with Gasteiger partial charge in [-0.25, -0.2) is 19.9 Å². The van der Waals surface area contributed by atoms with Crippen molar-refractivity contribution in [2.75, 3.05) is 56.9 Å². The Morgan fingerprint density at radius 3 is 1.84 bits per heavy atom. The van der Waals surface area contributed by atoms with Crippen LogP contribution in [0, 0.1) is 0 Å². The summed E-state index contributed by atoms with van der Waals surface area (Å²) in [5.74, 6) is 1.98. The number of rotatable bonds is 5. The Bertz CT molecular complexity index is 1350. The number of halogens is 1. The smallest absolute Gasteiger partial charge is 0.213 e. The number of aromatic nitrogens is 4. The van der Waals surface area contributed by atoms with Gasteiger partial charge in [0.2, 0.25) is 11.8 Å². The fourth-order valence-electron chi connectivity index (χ4n) is 3.73. The summed E-state index contributed by atoms with van der Waals surface area (Å²) >= 11 is 5.73. The fraction of sp³-hybridized carbons (Fsp3) is 0.231. The molecule has 1 aliphatic heterocycles. The van der Waals surface area contributed by atoms with Gasteiger partial charge in [-0.1, -0.05) is 11.6 Å². The van der Waals surface area contributed by atoms with Crippen LogP contribution in [-0.4, -0.2) is 60.5 Å². The van der Waals surface area contributed by atoms with Crippen molar-refractivity contribution in [1.82, 2.24) is 19.9 Å². The van der Waals surface area contributed by atoms with E-state index in [1.807, 2.05) is 24.3 Å². The van der Waals surface area contributed by atoms with E-state index in [2.05, 4.69) is 24.8 Å². The molecule has 0 saturated carbocycles. The third kappa shape index (κ3) is 6.54. The van der Waals surface area contributed by atoms with Gasteiger partial charge in [0.05, 0.1) is 27.4 Å². The molecular weight excluding hydrogens is 494 g/mol. The lowest BCUT2D eigenvalue weighted by atomic mass is 10.1. The highest BCUT2D eigenvalue weighted by Gasteiger charge is 2.14. The minimum Gasteiger partial charge on any atom is -0.481 e. The van der Waals surface area contributed by atoms with Gasteiger partial charge in [-0.05, 0) is 29.3 Å². The maximum atomic E-state index is 6.19. The van der Waals surface area contributed by atoms with E-state index in [4.69, 9.17) is 37.3 Å². The molecule has 5 heterocycles. The summed E-state index contributed by atoms with van der Waals surface area (Å²) in [5.41, 5.74) is 16.9. The highest BCUT2D eigenvalue weighted by Crippen LogP contribution is 2.30. The molecule has 1 aliphatic rings. The minimum absolute atomic E-state index is 0.377. The number of pyridine rings is 4. The van der Waals surface area contributed by atoms with E-state index >= 15 is 0 Å². The van der Waals surface area contributed by atoms with Crippen LogP contribution in [0.2, 0.25) is 5.15 Å². The molecule has 0 aliphatic carbocycles. The summed E-state index contributed by atoms with van der Waals surface area (Å²) in [6.07, 6.45) is 6.78. The highest BCUT2D eigenvalue weighted by molar-refractivity contribution is 6.29. The number of hydrogen-bond acceptors (Lipinski definition) is 10. The Morgan fingerprint density at radius 2 is 1.32 bits per heavy atom. The second-order valence-electron chi connectivity index (χ2n) is 8.00. The summed E-state index contributed by atoms with van der Waals surface area (Å²) in [4.78, 5) is 18.8. The average molecular weight is 522 g/mol. The molecule has 4 aromatic rings. The maximum Gasteiger partial charge on any atom is 0.213 e. The van der Waals surface area contributed by atoms with E-state index in [-0.39, 0.29) is 0 Å². The third-order valence-electron chi connectivity index (χ3n) is 5.67. The van der Waals surface area contributed by atoms with Crippen molar-refractivity contribution in [1.29, 1.82) is 0 Å². The summed E-state index contributed by atoms with van der Waals surface area (Å²) in [5, 5.41) is 0.377. The van der Waals surface area contributed by atoms with Crippen LogP contribution >= 0.6 is 11.6 Å². The topological polar surface area (TPSA) is 135 Å². The Morgan fingerprint density at radius 1 is 0.784 bits per heavy atom. The zero-order chi connectivity index (χ0) is 26.2. The summed E-state index contributed by atoms with van der Waals surface area (Å²) in [6.45, 7) is 3.14. The van der Waals surface area contributed by atoms with E-state index in [9.17, 15) is 0 Å². The molecule has 0 spiro atoms. The lowest BCUT2D eigenvalue weighted by Gasteiger charge is -2.28. The van der Waals surface area contributed by atoms with E-state index in [1.165, 1.54) is 0 Å². The molecule has 11 heteroatoms. The molecule has 0 aromatic carbocycles. The highest BCUT2D eigenvalue weighted by atomic mass is 35.5. The van der Waals surface area contributed by atoms with Crippen LogP contribution in [-0.2, 0) is 4.74 Å². The lowest BCUT2D eigenvalue weighted by molar-refractivity contribution is 0.122. The zero-order valence-electron chi connectivity index (χ0n) is 20.6. The standard InChI is InChI=1S/C15H18N4O2.C11H10ClN3O/c1-20-15-8-11(2-3-17-15)12-10-18-14(9-13(12)16)19-4-6-21-7-5-19;1-16-11-4-7(2-3-14-11)8-6-15-10(12)5-9(8)13/h2-3,8-10H,4-7H2,1H3,(H2,16,18);2-6H,1H3,(H2,13,15). The molecule has 5 rings (SSSR count). The number of anilines is 3. The number of nitrogens with two attached hydrogens (primary N) is 2. The van der Waals surface area contributed by atoms with Crippen LogP contribution in [0.15, 0.2) is 61.2 Å². The quantitative estimate of drug-likeness (QED) is 0.371. The molecule has 192 valence electrons. The van der Waals surface area contributed by atoms with Crippen molar-refractivity contribution in [3.8, 4) is 34.0 Å². The molecular formula is C26H28ClN7O3. The number of hydrogen-bond donors (Lipinski definition) is 2. The summed E-state index contributed by atoms with van der Waals surface area (Å²) in [6, 6.07) is 10.9. The lowest BCUT2D eigenvalue weighted by Crippen LogP contribution is -2.36. The Hall–Kier alpha value is -4.15. The second-order valence-corrected chi connectivity index (χ2v) is 8.38. The van der Waals surface area contributed by atoms with Gasteiger partial charge < -0.3 is 30.6 Å². The fourth-order valence-corrected chi connectivity index (χ4v) is 3.89. The van der Waals surface area contributed by atoms with Gasteiger partial charge in [-0.15, -0.1) is 0 Å². The maximum absolute atomic E-state index is 6.19. The SMILES string of the molecule is COc1cc(-c2cnc(Cl)cc2N)ccn1.COc1cc(-c2cnc(N3CCOCC3)cc2N)ccn1. The van der Waals surface area contributed by atoms with Crippen molar-refractivity contribution in [2.45, 2.75) is 0 Å². The van der Waals surface area contributed by atoms with Crippen molar-refractivity contribution in [2.24, 2.45) is 0 Å². The van der Waals surface area contributed by atoms with Crippen molar-refractivity contribution < 1.29 is 14.2 Å². The van der Waals surface area contributed by atoms with Crippen LogP contribution in [0.4, 0.5) is 17.2 Å². The van der Waals surface area contributed by atoms with Crippen molar-refractivity contribution in [3.05, 3.63) is 66.3 Å². The van der Waals surface area contributed by atoms with Crippen LogP contribution in [0.1, 0.15) is 0 Å². The first kappa shape index (κ1) is 25.9. The normalized spacial score (nSPS) is 12.9. The predicted octanol–water partition coefficient (Wildman–Crippen LogP) is 3.96.